The molecule has 19 heavy (non-hydrogen) atoms. The second kappa shape index (κ2) is 4.68. The van der Waals surface area contributed by atoms with Gasteiger partial charge in [-0.25, -0.2) is 4.79 Å². The quantitative estimate of drug-likeness (QED) is 0.779. The molecule has 3 rings (SSSR count). The van der Waals surface area contributed by atoms with Gasteiger partial charge in [-0.15, -0.1) is 0 Å². The Bertz CT molecular complexity index is 499. The van der Waals surface area contributed by atoms with Crippen LogP contribution in [0.1, 0.15) is 31.2 Å². The van der Waals surface area contributed by atoms with Crippen LogP contribution in [0.25, 0.3) is 0 Å². The van der Waals surface area contributed by atoms with Crippen LogP contribution in [0.4, 0.5) is 0 Å². The summed E-state index contributed by atoms with van der Waals surface area (Å²) in [5.74, 6) is -0.145. The van der Waals surface area contributed by atoms with Crippen LogP contribution in [0.5, 0.6) is 0 Å². The summed E-state index contributed by atoms with van der Waals surface area (Å²) in [5.41, 5.74) is 0.312. The molecular weight excluding hydrogens is 242 g/mol. The molecule has 2 aliphatic rings. The molecule has 1 atom stereocenters. The van der Waals surface area contributed by atoms with Crippen LogP contribution >= 0.6 is 0 Å². The third-order valence-electron chi connectivity index (χ3n) is 4.13. The first-order chi connectivity index (χ1) is 9.22. The Balaban J connectivity index is 1.69. The van der Waals surface area contributed by atoms with Gasteiger partial charge in [0.15, 0.2) is 0 Å². The van der Waals surface area contributed by atoms with E-state index in [1.807, 2.05) is 30.3 Å². The van der Waals surface area contributed by atoms with Crippen LogP contribution in [0.15, 0.2) is 30.3 Å². The van der Waals surface area contributed by atoms with Crippen LogP contribution in [0, 0.1) is 0 Å². The summed E-state index contributed by atoms with van der Waals surface area (Å²) in [6.07, 6.45) is 2.72. The normalized spacial score (nSPS) is 25.5. The zero-order chi connectivity index (χ0) is 13.3. The molecule has 2 heterocycles. The van der Waals surface area contributed by atoms with Gasteiger partial charge in [-0.05, 0) is 24.8 Å². The van der Waals surface area contributed by atoms with Gasteiger partial charge in [0.25, 0.3) is 0 Å². The zero-order valence-electron chi connectivity index (χ0n) is 10.8. The highest BCUT2D eigenvalue weighted by molar-refractivity contribution is 5.92. The van der Waals surface area contributed by atoms with E-state index in [0.29, 0.717) is 19.4 Å². The lowest BCUT2D eigenvalue weighted by molar-refractivity contribution is -0.159. The summed E-state index contributed by atoms with van der Waals surface area (Å²) in [7, 11) is 0. The van der Waals surface area contributed by atoms with Crippen molar-refractivity contribution < 1.29 is 14.3 Å². The van der Waals surface area contributed by atoms with Gasteiger partial charge < -0.3 is 9.64 Å². The standard InChI is InChI=1S/C15H17NO3/c17-13-7-9-15(8-4-10-16(13)15)14(18)19-11-12-5-2-1-3-6-12/h1-3,5-6H,4,7-11H2. The van der Waals surface area contributed by atoms with E-state index in [1.165, 1.54) is 0 Å². The van der Waals surface area contributed by atoms with Gasteiger partial charge in [-0.3, -0.25) is 4.79 Å². The van der Waals surface area contributed by atoms with Crippen molar-refractivity contribution >= 4 is 11.9 Å². The van der Waals surface area contributed by atoms with E-state index in [1.54, 1.807) is 4.90 Å². The first-order valence-electron chi connectivity index (χ1n) is 6.74. The summed E-state index contributed by atoms with van der Waals surface area (Å²) in [5, 5.41) is 0. The number of carbonyl (C=O) groups is 2. The zero-order valence-corrected chi connectivity index (χ0v) is 10.8. The molecule has 1 aromatic carbocycles. The fourth-order valence-corrected chi connectivity index (χ4v) is 3.12. The van der Waals surface area contributed by atoms with Crippen molar-refractivity contribution in [2.45, 2.75) is 37.8 Å². The minimum absolute atomic E-state index is 0.0918. The molecular formula is C15H17NO3. The van der Waals surface area contributed by atoms with Gasteiger partial charge in [0, 0.05) is 13.0 Å². The van der Waals surface area contributed by atoms with Crippen molar-refractivity contribution in [1.29, 1.82) is 0 Å². The first-order valence-corrected chi connectivity index (χ1v) is 6.74. The number of rotatable bonds is 3. The van der Waals surface area contributed by atoms with Crippen molar-refractivity contribution in [3.8, 4) is 0 Å². The minimum atomic E-state index is -0.661. The molecule has 0 spiro atoms. The van der Waals surface area contributed by atoms with Gasteiger partial charge in [-0.1, -0.05) is 30.3 Å². The van der Waals surface area contributed by atoms with Crippen molar-refractivity contribution in [2.24, 2.45) is 0 Å². The van der Waals surface area contributed by atoms with E-state index in [2.05, 4.69) is 0 Å². The fourth-order valence-electron chi connectivity index (χ4n) is 3.12. The van der Waals surface area contributed by atoms with Gasteiger partial charge in [0.2, 0.25) is 5.91 Å². The summed E-state index contributed by atoms with van der Waals surface area (Å²) in [4.78, 5) is 25.8. The topological polar surface area (TPSA) is 46.6 Å². The SMILES string of the molecule is O=C1CCC2(C(=O)OCc3ccccc3)CCCN12. The highest BCUT2D eigenvalue weighted by atomic mass is 16.5. The molecule has 0 saturated carbocycles. The van der Waals surface area contributed by atoms with E-state index in [9.17, 15) is 9.59 Å². The van der Waals surface area contributed by atoms with Gasteiger partial charge in [-0.2, -0.15) is 0 Å². The Kier molecular flexibility index (Phi) is 3.01. The molecule has 1 amide bonds. The minimum Gasteiger partial charge on any atom is -0.459 e. The van der Waals surface area contributed by atoms with Gasteiger partial charge in [0.1, 0.15) is 12.1 Å². The average molecular weight is 259 g/mol. The van der Waals surface area contributed by atoms with E-state index < -0.39 is 5.54 Å². The van der Waals surface area contributed by atoms with Crippen molar-refractivity contribution in [3.63, 3.8) is 0 Å². The van der Waals surface area contributed by atoms with E-state index in [-0.39, 0.29) is 18.5 Å². The molecule has 0 N–H and O–H groups in total. The molecule has 0 radical (unpaired) electrons. The van der Waals surface area contributed by atoms with Crippen molar-refractivity contribution in [3.05, 3.63) is 35.9 Å². The molecule has 1 unspecified atom stereocenters. The monoisotopic (exact) mass is 259 g/mol. The lowest BCUT2D eigenvalue weighted by Crippen LogP contribution is -2.48. The molecule has 2 aliphatic heterocycles. The maximum atomic E-state index is 12.4. The highest BCUT2D eigenvalue weighted by Crippen LogP contribution is 2.40. The molecule has 2 saturated heterocycles. The van der Waals surface area contributed by atoms with Crippen LogP contribution in [0.2, 0.25) is 0 Å². The molecule has 0 aromatic heterocycles. The lowest BCUT2D eigenvalue weighted by atomic mass is 9.94. The molecule has 4 nitrogen and oxygen atoms in total. The van der Waals surface area contributed by atoms with Gasteiger partial charge >= 0.3 is 5.97 Å². The predicted octanol–water partition coefficient (Wildman–Crippen LogP) is 1.88. The molecule has 0 aliphatic carbocycles. The van der Waals surface area contributed by atoms with Crippen LogP contribution in [0.3, 0.4) is 0 Å². The van der Waals surface area contributed by atoms with Gasteiger partial charge in [0.05, 0.1) is 0 Å². The van der Waals surface area contributed by atoms with Crippen molar-refractivity contribution in [1.82, 2.24) is 4.90 Å². The fraction of sp³-hybridized carbons (Fsp3) is 0.467. The Morgan fingerprint density at radius 1 is 1.26 bits per heavy atom. The summed E-state index contributed by atoms with van der Waals surface area (Å²) in [6, 6.07) is 9.62. The molecule has 4 heteroatoms. The van der Waals surface area contributed by atoms with E-state index in [4.69, 9.17) is 4.74 Å². The maximum Gasteiger partial charge on any atom is 0.332 e. The van der Waals surface area contributed by atoms with E-state index >= 15 is 0 Å². The molecule has 2 fully saturated rings. The lowest BCUT2D eigenvalue weighted by Gasteiger charge is -2.29. The second-order valence-electron chi connectivity index (χ2n) is 5.24. The average Bonchev–Trinajstić information content (AvgIpc) is 3.00. The maximum absolute atomic E-state index is 12.4. The number of carbonyl (C=O) groups excluding carboxylic acids is 2. The van der Waals surface area contributed by atoms with Crippen LogP contribution in [-0.4, -0.2) is 28.9 Å². The molecule has 100 valence electrons. The summed E-state index contributed by atoms with van der Waals surface area (Å²) < 4.78 is 5.43. The number of hydrogen-bond acceptors (Lipinski definition) is 3. The number of nitrogens with zero attached hydrogens (tertiary/aromatic N) is 1. The van der Waals surface area contributed by atoms with Crippen LogP contribution < -0.4 is 0 Å². The Hall–Kier alpha value is -1.84. The molecule has 1 aromatic rings. The summed E-state index contributed by atoms with van der Waals surface area (Å²) in [6.45, 7) is 0.975. The largest absolute Gasteiger partial charge is 0.459 e. The predicted molar refractivity (Wildman–Crippen MR) is 69.2 cm³/mol. The third-order valence-corrected chi connectivity index (χ3v) is 4.13. The van der Waals surface area contributed by atoms with E-state index in [0.717, 1.165) is 18.4 Å². The van der Waals surface area contributed by atoms with Crippen molar-refractivity contribution in [2.75, 3.05) is 6.54 Å². The Labute approximate surface area is 112 Å². The number of esters is 1. The molecule has 0 bridgehead atoms. The number of amides is 1. The van der Waals surface area contributed by atoms with Crippen LogP contribution in [-0.2, 0) is 20.9 Å². The third kappa shape index (κ3) is 2.01. The first kappa shape index (κ1) is 12.2. The Morgan fingerprint density at radius 3 is 2.84 bits per heavy atom. The number of ether oxygens (including phenoxy) is 1. The smallest absolute Gasteiger partial charge is 0.332 e. The highest BCUT2D eigenvalue weighted by Gasteiger charge is 2.54. The second-order valence-corrected chi connectivity index (χ2v) is 5.24. The number of hydrogen-bond donors (Lipinski definition) is 0. The Morgan fingerprint density at radius 2 is 2.05 bits per heavy atom. The number of benzene rings is 1. The number of fused-ring (bicyclic) bond motifs is 1. The summed E-state index contributed by atoms with van der Waals surface area (Å²) >= 11 is 0.